The van der Waals surface area contributed by atoms with Gasteiger partial charge in [0.15, 0.2) is 0 Å². The lowest BCUT2D eigenvalue weighted by atomic mass is 10.1. The van der Waals surface area contributed by atoms with Crippen molar-refractivity contribution in [3.8, 4) is 21.8 Å². The van der Waals surface area contributed by atoms with Crippen LogP contribution in [0.1, 0.15) is 12.8 Å². The van der Waals surface area contributed by atoms with Gasteiger partial charge in [-0.05, 0) is 30.4 Å². The third kappa shape index (κ3) is 4.28. The van der Waals surface area contributed by atoms with Crippen LogP contribution in [0.2, 0.25) is 0 Å². The number of hydrogen-bond donors (Lipinski definition) is 1. The summed E-state index contributed by atoms with van der Waals surface area (Å²) in [6.45, 7) is 4.54. The summed E-state index contributed by atoms with van der Waals surface area (Å²) >= 11 is 1.66. The van der Waals surface area contributed by atoms with Gasteiger partial charge in [0.25, 0.3) is 0 Å². The summed E-state index contributed by atoms with van der Waals surface area (Å²) in [5.74, 6) is 1.33. The van der Waals surface area contributed by atoms with Crippen molar-refractivity contribution in [2.75, 3.05) is 49.7 Å². The van der Waals surface area contributed by atoms with Gasteiger partial charge in [0.05, 0.1) is 35.6 Å². The molecule has 3 aromatic heterocycles. The summed E-state index contributed by atoms with van der Waals surface area (Å²) in [7, 11) is 0. The molecule has 2 fully saturated rings. The second kappa shape index (κ2) is 9.03. The van der Waals surface area contributed by atoms with Crippen LogP contribution in [0.25, 0.3) is 21.8 Å². The number of aromatic nitrogens is 4. The topological polar surface area (TPSA) is 85.3 Å². The van der Waals surface area contributed by atoms with Gasteiger partial charge in [-0.15, -0.1) is 11.3 Å². The minimum atomic E-state index is 0.233. The summed E-state index contributed by atoms with van der Waals surface area (Å²) < 4.78 is 11.1. The van der Waals surface area contributed by atoms with Gasteiger partial charge in [-0.2, -0.15) is 0 Å². The average molecular weight is 425 g/mol. The molecule has 0 radical (unpaired) electrons. The van der Waals surface area contributed by atoms with E-state index in [4.69, 9.17) is 19.4 Å². The standard InChI is InChI=1S/C21H24N6O2S/c1-3-15(29-9-1)13-23-20-24-14-16(19(26-20)18-4-2-12-30-18)17-5-6-22-21(25-17)27-7-10-28-11-8-27/h2,4-6,12,14-15H,1,3,7-11,13H2,(H,23,24,26)/t15-/m1/s1. The van der Waals surface area contributed by atoms with E-state index in [2.05, 4.69) is 31.6 Å². The molecule has 156 valence electrons. The zero-order valence-corrected chi connectivity index (χ0v) is 17.5. The van der Waals surface area contributed by atoms with E-state index < -0.39 is 0 Å². The van der Waals surface area contributed by atoms with E-state index in [0.29, 0.717) is 25.1 Å². The number of rotatable bonds is 6. The lowest BCUT2D eigenvalue weighted by Crippen LogP contribution is -2.37. The lowest BCUT2D eigenvalue weighted by Gasteiger charge is -2.26. The first-order valence-electron chi connectivity index (χ1n) is 10.3. The molecule has 8 nitrogen and oxygen atoms in total. The molecule has 2 aliphatic heterocycles. The van der Waals surface area contributed by atoms with Gasteiger partial charge in [-0.1, -0.05) is 6.07 Å². The van der Waals surface area contributed by atoms with Crippen LogP contribution in [0.15, 0.2) is 36.0 Å². The molecule has 1 atom stereocenters. The molecule has 2 saturated heterocycles. The molecule has 5 heterocycles. The highest BCUT2D eigenvalue weighted by molar-refractivity contribution is 7.13. The van der Waals surface area contributed by atoms with Gasteiger partial charge in [-0.25, -0.2) is 19.9 Å². The Morgan fingerprint density at radius 2 is 2.07 bits per heavy atom. The van der Waals surface area contributed by atoms with Crippen LogP contribution in [0.3, 0.4) is 0 Å². The maximum atomic E-state index is 5.69. The molecule has 0 spiro atoms. The maximum absolute atomic E-state index is 5.69. The number of nitrogens with one attached hydrogen (secondary N) is 1. The summed E-state index contributed by atoms with van der Waals surface area (Å²) in [5, 5.41) is 5.39. The number of ether oxygens (including phenoxy) is 2. The van der Waals surface area contributed by atoms with E-state index in [1.807, 2.05) is 18.3 Å². The largest absolute Gasteiger partial charge is 0.378 e. The van der Waals surface area contributed by atoms with Crippen LogP contribution in [-0.4, -0.2) is 65.5 Å². The van der Waals surface area contributed by atoms with E-state index in [0.717, 1.165) is 60.9 Å². The number of hydrogen-bond acceptors (Lipinski definition) is 9. The molecular formula is C21H24N6O2S. The Kier molecular flexibility index (Phi) is 5.82. The molecule has 0 unspecified atom stereocenters. The summed E-state index contributed by atoms with van der Waals surface area (Å²) in [6.07, 6.45) is 6.08. The Hall–Kier alpha value is -2.62. The smallest absolute Gasteiger partial charge is 0.226 e. The van der Waals surface area contributed by atoms with Crippen LogP contribution in [0.4, 0.5) is 11.9 Å². The van der Waals surface area contributed by atoms with Crippen molar-refractivity contribution in [3.63, 3.8) is 0 Å². The Balaban J connectivity index is 1.45. The number of thiophene rings is 1. The minimum absolute atomic E-state index is 0.233. The minimum Gasteiger partial charge on any atom is -0.378 e. The normalized spacial score (nSPS) is 19.2. The molecule has 0 aromatic carbocycles. The summed E-state index contributed by atoms with van der Waals surface area (Å²) in [6, 6.07) is 6.02. The fourth-order valence-corrected chi connectivity index (χ4v) is 4.41. The average Bonchev–Trinajstić information content (AvgIpc) is 3.53. The number of nitrogens with zero attached hydrogens (tertiary/aromatic N) is 5. The van der Waals surface area contributed by atoms with E-state index in [-0.39, 0.29) is 6.10 Å². The Morgan fingerprint density at radius 3 is 2.87 bits per heavy atom. The first kappa shape index (κ1) is 19.3. The Bertz CT molecular complexity index is 971. The molecule has 0 saturated carbocycles. The van der Waals surface area contributed by atoms with Crippen molar-refractivity contribution >= 4 is 23.2 Å². The van der Waals surface area contributed by atoms with E-state index in [1.54, 1.807) is 17.5 Å². The highest BCUT2D eigenvalue weighted by atomic mass is 32.1. The van der Waals surface area contributed by atoms with Gasteiger partial charge in [-0.3, -0.25) is 0 Å². The molecule has 3 aromatic rings. The molecule has 9 heteroatoms. The van der Waals surface area contributed by atoms with Crippen LogP contribution < -0.4 is 10.2 Å². The molecule has 0 bridgehead atoms. The first-order chi connectivity index (χ1) is 14.9. The molecule has 30 heavy (non-hydrogen) atoms. The predicted octanol–water partition coefficient (Wildman–Crippen LogP) is 3.09. The predicted molar refractivity (Wildman–Crippen MR) is 117 cm³/mol. The van der Waals surface area contributed by atoms with Crippen molar-refractivity contribution in [2.24, 2.45) is 0 Å². The third-order valence-corrected chi connectivity index (χ3v) is 6.14. The third-order valence-electron chi connectivity index (χ3n) is 5.27. The van der Waals surface area contributed by atoms with Crippen LogP contribution in [-0.2, 0) is 9.47 Å². The molecule has 5 rings (SSSR count). The highest BCUT2D eigenvalue weighted by Crippen LogP contribution is 2.33. The molecular weight excluding hydrogens is 400 g/mol. The van der Waals surface area contributed by atoms with Crippen molar-refractivity contribution in [1.82, 2.24) is 19.9 Å². The quantitative estimate of drug-likeness (QED) is 0.646. The van der Waals surface area contributed by atoms with Crippen molar-refractivity contribution in [2.45, 2.75) is 18.9 Å². The monoisotopic (exact) mass is 424 g/mol. The number of morpholine rings is 1. The second-order valence-corrected chi connectivity index (χ2v) is 8.24. The molecule has 2 aliphatic rings. The van der Waals surface area contributed by atoms with Crippen LogP contribution in [0.5, 0.6) is 0 Å². The van der Waals surface area contributed by atoms with Gasteiger partial charge in [0.2, 0.25) is 11.9 Å². The van der Waals surface area contributed by atoms with E-state index in [9.17, 15) is 0 Å². The van der Waals surface area contributed by atoms with Crippen LogP contribution >= 0.6 is 11.3 Å². The zero-order valence-electron chi connectivity index (χ0n) is 16.7. The number of anilines is 2. The SMILES string of the molecule is c1csc(-c2nc(NC[C@H]3CCCO3)ncc2-c2ccnc(N3CCOCC3)n2)c1. The maximum Gasteiger partial charge on any atom is 0.226 e. The Morgan fingerprint density at radius 1 is 1.13 bits per heavy atom. The summed E-state index contributed by atoms with van der Waals surface area (Å²) in [5.41, 5.74) is 2.60. The van der Waals surface area contributed by atoms with Crippen LogP contribution in [0, 0.1) is 0 Å². The van der Waals surface area contributed by atoms with Gasteiger partial charge >= 0.3 is 0 Å². The van der Waals surface area contributed by atoms with E-state index >= 15 is 0 Å². The molecule has 0 amide bonds. The molecule has 1 N–H and O–H groups in total. The second-order valence-electron chi connectivity index (χ2n) is 7.29. The van der Waals surface area contributed by atoms with E-state index in [1.165, 1.54) is 0 Å². The lowest BCUT2D eigenvalue weighted by molar-refractivity contribution is 0.120. The first-order valence-corrected chi connectivity index (χ1v) is 11.2. The highest BCUT2D eigenvalue weighted by Gasteiger charge is 2.19. The molecule has 0 aliphatic carbocycles. The van der Waals surface area contributed by atoms with Gasteiger partial charge < -0.3 is 19.7 Å². The van der Waals surface area contributed by atoms with Crippen molar-refractivity contribution in [1.29, 1.82) is 0 Å². The van der Waals surface area contributed by atoms with Crippen molar-refractivity contribution < 1.29 is 9.47 Å². The fourth-order valence-electron chi connectivity index (χ4n) is 3.68. The fraction of sp³-hybridized carbons (Fsp3) is 0.429. The zero-order chi connectivity index (χ0) is 20.2. The van der Waals surface area contributed by atoms with Gasteiger partial charge in [0.1, 0.15) is 0 Å². The summed E-state index contributed by atoms with van der Waals surface area (Å²) in [4.78, 5) is 21.9. The Labute approximate surface area is 179 Å². The van der Waals surface area contributed by atoms with Crippen molar-refractivity contribution in [3.05, 3.63) is 36.0 Å². The van der Waals surface area contributed by atoms with Gasteiger partial charge in [0, 0.05) is 44.2 Å².